The summed E-state index contributed by atoms with van der Waals surface area (Å²) in [7, 11) is 0. The first kappa shape index (κ1) is 9.22. The van der Waals surface area contributed by atoms with Gasteiger partial charge in [0.2, 0.25) is 0 Å². The summed E-state index contributed by atoms with van der Waals surface area (Å²) in [5, 5.41) is 8.75. The monoisotopic (exact) mass is 249 g/mol. The van der Waals surface area contributed by atoms with E-state index >= 15 is 0 Å². The van der Waals surface area contributed by atoms with Gasteiger partial charge in [0.05, 0.1) is 17.1 Å². The Morgan fingerprint density at radius 2 is 2.36 bits per heavy atom. The van der Waals surface area contributed by atoms with Gasteiger partial charge in [-0.2, -0.15) is 5.26 Å². The number of hydrogen-bond donors (Lipinski definition) is 1. The number of benzene rings is 1. The van der Waals surface area contributed by atoms with Crippen LogP contribution in [0.3, 0.4) is 0 Å². The first-order chi connectivity index (χ1) is 6.70. The topological polar surface area (TPSA) is 52.5 Å². The number of aromatic nitrogens is 2. The first-order valence-corrected chi connectivity index (χ1v) is 5.05. The molecule has 0 fully saturated rings. The number of halogens is 1. The molecule has 14 heavy (non-hydrogen) atoms. The lowest BCUT2D eigenvalue weighted by Crippen LogP contribution is -1.91. The molecule has 70 valence electrons. The van der Waals surface area contributed by atoms with Gasteiger partial charge in [0.25, 0.3) is 0 Å². The zero-order chi connectivity index (χ0) is 10.1. The molecule has 0 radical (unpaired) electrons. The average molecular weight is 250 g/mol. The molecular weight excluding hydrogens is 242 g/mol. The van der Waals surface area contributed by atoms with Crippen LogP contribution in [0, 0.1) is 11.3 Å². The fraction of sp³-hybridized carbons (Fsp3) is 0.200. The van der Waals surface area contributed by atoms with Crippen molar-refractivity contribution in [2.75, 3.05) is 0 Å². The summed E-state index contributed by atoms with van der Waals surface area (Å²) in [4.78, 5) is 7.45. The molecule has 2 aromatic rings. The van der Waals surface area contributed by atoms with Crippen LogP contribution in [0.2, 0.25) is 0 Å². The number of hydrogen-bond acceptors (Lipinski definition) is 2. The van der Waals surface area contributed by atoms with Crippen LogP contribution in [-0.2, 0) is 0 Å². The second kappa shape index (κ2) is 3.43. The Morgan fingerprint density at radius 3 is 3.07 bits per heavy atom. The second-order valence-electron chi connectivity index (χ2n) is 3.13. The van der Waals surface area contributed by atoms with Crippen LogP contribution in [0.4, 0.5) is 0 Å². The molecule has 2 rings (SSSR count). The van der Waals surface area contributed by atoms with Crippen molar-refractivity contribution in [3.05, 3.63) is 28.5 Å². The molecule has 3 nitrogen and oxygen atoms in total. The molecule has 0 spiro atoms. The summed E-state index contributed by atoms with van der Waals surface area (Å²) in [5.41, 5.74) is 1.85. The third-order valence-electron chi connectivity index (χ3n) is 2.07. The number of rotatable bonds is 1. The third-order valence-corrected chi connectivity index (χ3v) is 2.56. The Morgan fingerprint density at radius 1 is 1.57 bits per heavy atom. The quantitative estimate of drug-likeness (QED) is 0.845. The van der Waals surface area contributed by atoms with E-state index in [0.717, 1.165) is 21.3 Å². The lowest BCUT2D eigenvalue weighted by atomic mass is 10.2. The smallest absolute Gasteiger partial charge is 0.124 e. The van der Waals surface area contributed by atoms with Crippen molar-refractivity contribution in [1.29, 1.82) is 5.26 Å². The van der Waals surface area contributed by atoms with Gasteiger partial charge in [0, 0.05) is 4.47 Å². The number of aromatic amines is 1. The number of nitrogens with zero attached hydrogens (tertiary/aromatic N) is 2. The fourth-order valence-electron chi connectivity index (χ4n) is 1.27. The summed E-state index contributed by atoms with van der Waals surface area (Å²) < 4.78 is 1.00. The van der Waals surface area contributed by atoms with Gasteiger partial charge in [-0.05, 0) is 25.1 Å². The summed E-state index contributed by atoms with van der Waals surface area (Å²) in [5.74, 6) is 0.529. The Kier molecular flexibility index (Phi) is 2.26. The predicted molar refractivity (Wildman–Crippen MR) is 57.8 cm³/mol. The molecule has 1 heterocycles. The van der Waals surface area contributed by atoms with Crippen LogP contribution in [0.25, 0.3) is 11.0 Å². The summed E-state index contributed by atoms with van der Waals surface area (Å²) in [6, 6.07) is 7.96. The van der Waals surface area contributed by atoms with Crippen molar-refractivity contribution < 1.29 is 0 Å². The van der Waals surface area contributed by atoms with Gasteiger partial charge in [-0.25, -0.2) is 4.98 Å². The van der Waals surface area contributed by atoms with Crippen molar-refractivity contribution in [3.63, 3.8) is 0 Å². The molecule has 0 saturated carbocycles. The molecule has 0 amide bonds. The van der Waals surface area contributed by atoms with Crippen LogP contribution in [0.1, 0.15) is 18.7 Å². The van der Waals surface area contributed by atoms with Crippen LogP contribution in [0.5, 0.6) is 0 Å². The largest absolute Gasteiger partial charge is 0.341 e. The van der Waals surface area contributed by atoms with Crippen molar-refractivity contribution in [2.45, 2.75) is 12.8 Å². The van der Waals surface area contributed by atoms with Gasteiger partial charge >= 0.3 is 0 Å². The molecule has 0 aliphatic heterocycles. The number of imidazole rings is 1. The van der Waals surface area contributed by atoms with Crippen LogP contribution in [-0.4, -0.2) is 9.97 Å². The zero-order valence-electron chi connectivity index (χ0n) is 7.58. The van der Waals surface area contributed by atoms with E-state index in [9.17, 15) is 0 Å². The molecule has 1 unspecified atom stereocenters. The third kappa shape index (κ3) is 1.51. The Hall–Kier alpha value is -1.34. The molecule has 1 atom stereocenters. The first-order valence-electron chi connectivity index (χ1n) is 4.25. The summed E-state index contributed by atoms with van der Waals surface area (Å²) in [6.45, 7) is 1.83. The van der Waals surface area contributed by atoms with Crippen LogP contribution in [0.15, 0.2) is 22.7 Å². The van der Waals surface area contributed by atoms with E-state index < -0.39 is 0 Å². The van der Waals surface area contributed by atoms with Crippen molar-refractivity contribution >= 4 is 27.0 Å². The van der Waals surface area contributed by atoms with Crippen molar-refractivity contribution in [1.82, 2.24) is 9.97 Å². The molecule has 1 N–H and O–H groups in total. The van der Waals surface area contributed by atoms with E-state index in [-0.39, 0.29) is 5.92 Å². The predicted octanol–water partition coefficient (Wildman–Crippen LogP) is 2.95. The minimum atomic E-state index is -0.193. The summed E-state index contributed by atoms with van der Waals surface area (Å²) in [6.07, 6.45) is 0. The standard InChI is InChI=1S/C10H8BrN3/c1-6(5-12)10-13-8-3-2-7(11)4-9(8)14-10/h2-4,6H,1H3,(H,13,14). The number of nitriles is 1. The summed E-state index contributed by atoms with van der Waals surface area (Å²) >= 11 is 3.38. The molecule has 1 aromatic heterocycles. The van der Waals surface area contributed by atoms with Gasteiger partial charge in [-0.15, -0.1) is 0 Å². The Balaban J connectivity index is 2.58. The highest BCUT2D eigenvalue weighted by atomic mass is 79.9. The minimum Gasteiger partial charge on any atom is -0.341 e. The Labute approximate surface area is 89.9 Å². The molecule has 0 aliphatic carbocycles. The number of fused-ring (bicyclic) bond motifs is 1. The van der Waals surface area contributed by atoms with Crippen molar-refractivity contribution in [3.8, 4) is 6.07 Å². The molecule has 0 bridgehead atoms. The van der Waals surface area contributed by atoms with Crippen LogP contribution < -0.4 is 0 Å². The number of nitrogens with one attached hydrogen (secondary N) is 1. The molecular formula is C10H8BrN3. The van der Waals surface area contributed by atoms with E-state index in [2.05, 4.69) is 32.0 Å². The normalized spacial score (nSPS) is 12.6. The zero-order valence-corrected chi connectivity index (χ0v) is 9.17. The fourth-order valence-corrected chi connectivity index (χ4v) is 1.63. The van der Waals surface area contributed by atoms with Gasteiger partial charge in [0.15, 0.2) is 0 Å². The highest BCUT2D eigenvalue weighted by Crippen LogP contribution is 2.20. The van der Waals surface area contributed by atoms with E-state index in [4.69, 9.17) is 5.26 Å². The minimum absolute atomic E-state index is 0.193. The maximum atomic E-state index is 8.75. The van der Waals surface area contributed by atoms with Crippen LogP contribution >= 0.6 is 15.9 Å². The van der Waals surface area contributed by atoms with Gasteiger partial charge in [0.1, 0.15) is 11.7 Å². The molecule has 0 aliphatic rings. The highest BCUT2D eigenvalue weighted by Gasteiger charge is 2.09. The van der Waals surface area contributed by atoms with E-state index in [1.807, 2.05) is 25.1 Å². The second-order valence-corrected chi connectivity index (χ2v) is 4.05. The Bertz CT molecular complexity index is 510. The van der Waals surface area contributed by atoms with E-state index in [1.165, 1.54) is 0 Å². The number of H-pyrrole nitrogens is 1. The van der Waals surface area contributed by atoms with Crippen molar-refractivity contribution in [2.24, 2.45) is 0 Å². The average Bonchev–Trinajstić information content (AvgIpc) is 2.59. The highest BCUT2D eigenvalue weighted by molar-refractivity contribution is 9.10. The van der Waals surface area contributed by atoms with Gasteiger partial charge in [-0.1, -0.05) is 15.9 Å². The van der Waals surface area contributed by atoms with E-state index in [0.29, 0.717) is 0 Å². The lowest BCUT2D eigenvalue weighted by Gasteiger charge is -1.92. The van der Waals surface area contributed by atoms with E-state index in [1.54, 1.807) is 0 Å². The molecule has 0 saturated heterocycles. The van der Waals surface area contributed by atoms with Gasteiger partial charge in [-0.3, -0.25) is 0 Å². The van der Waals surface area contributed by atoms with Gasteiger partial charge < -0.3 is 4.98 Å². The maximum absolute atomic E-state index is 8.75. The maximum Gasteiger partial charge on any atom is 0.124 e. The SMILES string of the molecule is CC(C#N)c1nc2ccc(Br)cc2[nH]1. The molecule has 1 aromatic carbocycles. The lowest BCUT2D eigenvalue weighted by molar-refractivity contribution is 0.891. The molecule has 4 heteroatoms.